The maximum atomic E-state index is 6.45. The zero-order valence-corrected chi connectivity index (χ0v) is 19.1. The van der Waals surface area contributed by atoms with Crippen LogP contribution in [0.3, 0.4) is 0 Å². The summed E-state index contributed by atoms with van der Waals surface area (Å²) < 4.78 is 0. The zero-order valence-electron chi connectivity index (χ0n) is 17.4. The molecule has 0 amide bonds. The molecule has 3 heteroatoms. The molecule has 31 heavy (non-hydrogen) atoms. The van der Waals surface area contributed by atoms with Gasteiger partial charge in [0.05, 0.1) is 6.19 Å². The molecule has 0 bridgehead atoms. The molecule has 1 N–H and O–H groups in total. The third-order valence-electron chi connectivity index (χ3n) is 5.20. The van der Waals surface area contributed by atoms with Crippen LogP contribution >= 0.6 is 6.19 Å². The Hall–Kier alpha value is -2.95. The Bertz CT molecular complexity index is 1190. The van der Waals surface area contributed by atoms with Crippen molar-refractivity contribution in [3.8, 4) is 11.8 Å². The van der Waals surface area contributed by atoms with E-state index >= 15 is 0 Å². The van der Waals surface area contributed by atoms with E-state index < -0.39 is 11.7 Å². The lowest BCUT2D eigenvalue weighted by Crippen LogP contribution is -2.41. The number of rotatable bonds is 5. The SMILES string of the molecule is CC(C#Cc1ccccc1)(NP(=S)(c1ccccc1)c1ccccc1)c1ccccc1. The summed E-state index contributed by atoms with van der Waals surface area (Å²) in [5.41, 5.74) is 1.46. The lowest BCUT2D eigenvalue weighted by molar-refractivity contribution is 0.599. The van der Waals surface area contributed by atoms with Crippen LogP contribution < -0.4 is 15.7 Å². The Morgan fingerprint density at radius 3 is 1.55 bits per heavy atom. The van der Waals surface area contributed by atoms with E-state index in [4.69, 9.17) is 11.8 Å². The van der Waals surface area contributed by atoms with Crippen LogP contribution in [0, 0.1) is 11.8 Å². The first kappa shape index (κ1) is 21.3. The van der Waals surface area contributed by atoms with Crippen LogP contribution in [0.25, 0.3) is 0 Å². The average molecular weight is 438 g/mol. The standard InChI is InChI=1S/C28H24NPS/c1-28(25-16-8-3-9-17-25,23-22-24-14-6-2-7-15-24)29-30(31,26-18-10-4-11-19-26)27-20-12-5-13-21-27/h2-21H,1H3,(H,29,31). The molecule has 0 fully saturated rings. The molecule has 0 aliphatic carbocycles. The lowest BCUT2D eigenvalue weighted by atomic mass is 9.93. The molecule has 1 atom stereocenters. The van der Waals surface area contributed by atoms with E-state index in [-0.39, 0.29) is 0 Å². The molecule has 0 radical (unpaired) electrons. The monoisotopic (exact) mass is 437 g/mol. The van der Waals surface area contributed by atoms with Crippen molar-refractivity contribution in [1.82, 2.24) is 5.09 Å². The van der Waals surface area contributed by atoms with Gasteiger partial charge in [0.15, 0.2) is 0 Å². The third-order valence-corrected chi connectivity index (χ3v) is 9.55. The smallest absolute Gasteiger partial charge is 0.107 e. The summed E-state index contributed by atoms with van der Waals surface area (Å²) in [5, 5.41) is 6.13. The molecule has 4 rings (SSSR count). The first-order chi connectivity index (χ1) is 15.1. The van der Waals surface area contributed by atoms with E-state index in [0.29, 0.717) is 0 Å². The summed E-state index contributed by atoms with van der Waals surface area (Å²) in [7, 11) is 0. The first-order valence-corrected chi connectivity index (χ1v) is 13.0. The molecule has 1 unspecified atom stereocenters. The molecular formula is C28H24NPS. The molecule has 1 nitrogen and oxygen atoms in total. The van der Waals surface area contributed by atoms with Gasteiger partial charge in [-0.3, -0.25) is 5.09 Å². The van der Waals surface area contributed by atoms with Crippen LogP contribution in [-0.4, -0.2) is 0 Å². The summed E-state index contributed by atoms with van der Waals surface area (Å²) in [6.07, 6.45) is -2.35. The van der Waals surface area contributed by atoms with Gasteiger partial charge < -0.3 is 0 Å². The van der Waals surface area contributed by atoms with Crippen LogP contribution in [0.5, 0.6) is 0 Å². The normalized spacial score (nSPS) is 12.9. The topological polar surface area (TPSA) is 12.0 Å². The molecule has 0 aliphatic rings. The Morgan fingerprint density at radius 1 is 0.645 bits per heavy atom. The van der Waals surface area contributed by atoms with Crippen molar-refractivity contribution in [3.05, 3.63) is 132 Å². The summed E-state index contributed by atoms with van der Waals surface area (Å²) in [4.78, 5) is 0. The fourth-order valence-electron chi connectivity index (χ4n) is 3.52. The van der Waals surface area contributed by atoms with Crippen molar-refractivity contribution >= 4 is 28.6 Å². The third kappa shape index (κ3) is 4.87. The summed E-state index contributed by atoms with van der Waals surface area (Å²) >= 11 is 6.45. The Kier molecular flexibility index (Phi) is 6.50. The van der Waals surface area contributed by atoms with Crippen molar-refractivity contribution in [2.45, 2.75) is 12.5 Å². The molecule has 0 aliphatic heterocycles. The van der Waals surface area contributed by atoms with Crippen molar-refractivity contribution in [3.63, 3.8) is 0 Å². The molecule has 0 spiro atoms. The number of hydrogen-bond donors (Lipinski definition) is 1. The Balaban J connectivity index is 1.86. The van der Waals surface area contributed by atoms with Gasteiger partial charge in [0, 0.05) is 16.2 Å². The first-order valence-electron chi connectivity index (χ1n) is 10.2. The highest BCUT2D eigenvalue weighted by molar-refractivity contribution is 8.20. The Morgan fingerprint density at radius 2 is 1.06 bits per heavy atom. The summed E-state index contributed by atoms with van der Waals surface area (Å²) in [6, 6.07) is 41.2. The average Bonchev–Trinajstić information content (AvgIpc) is 2.85. The lowest BCUT2D eigenvalue weighted by Gasteiger charge is -2.35. The van der Waals surface area contributed by atoms with Crippen LogP contribution in [0.15, 0.2) is 121 Å². The van der Waals surface area contributed by atoms with Gasteiger partial charge in [-0.1, -0.05) is 133 Å². The van der Waals surface area contributed by atoms with Gasteiger partial charge in [0.25, 0.3) is 0 Å². The van der Waals surface area contributed by atoms with Crippen molar-refractivity contribution < 1.29 is 0 Å². The second-order valence-corrected chi connectivity index (χ2v) is 11.6. The van der Waals surface area contributed by atoms with Gasteiger partial charge in [-0.2, -0.15) is 0 Å². The molecule has 152 valence electrons. The number of benzene rings is 4. The van der Waals surface area contributed by atoms with Gasteiger partial charge in [-0.15, -0.1) is 0 Å². The molecule has 0 aromatic heterocycles. The fourth-order valence-corrected chi connectivity index (χ4v) is 7.36. The van der Waals surface area contributed by atoms with Crippen LogP contribution in [-0.2, 0) is 17.3 Å². The largest absolute Gasteiger partial charge is 0.262 e. The highest BCUT2D eigenvalue weighted by Gasteiger charge is 2.33. The van der Waals surface area contributed by atoms with Crippen LogP contribution in [0.1, 0.15) is 18.1 Å². The molecule has 4 aromatic rings. The van der Waals surface area contributed by atoms with Gasteiger partial charge >= 0.3 is 0 Å². The quantitative estimate of drug-likeness (QED) is 0.323. The van der Waals surface area contributed by atoms with E-state index in [0.717, 1.165) is 21.7 Å². The van der Waals surface area contributed by atoms with Crippen molar-refractivity contribution in [2.75, 3.05) is 0 Å². The van der Waals surface area contributed by atoms with E-state index in [9.17, 15) is 0 Å². The highest BCUT2D eigenvalue weighted by atomic mass is 32.4. The molecule has 0 saturated heterocycles. The minimum atomic E-state index is -2.35. The Labute approximate surface area is 190 Å². The maximum Gasteiger partial charge on any atom is 0.107 e. The maximum absolute atomic E-state index is 6.45. The van der Waals surface area contributed by atoms with Gasteiger partial charge in [-0.25, -0.2) is 0 Å². The predicted octanol–water partition coefficient (Wildman–Crippen LogP) is 5.59. The van der Waals surface area contributed by atoms with Gasteiger partial charge in [0.1, 0.15) is 5.54 Å². The van der Waals surface area contributed by atoms with E-state index in [1.165, 1.54) is 0 Å². The zero-order chi connectivity index (χ0) is 21.6. The molecule has 0 heterocycles. The van der Waals surface area contributed by atoms with E-state index in [1.54, 1.807) is 0 Å². The van der Waals surface area contributed by atoms with Gasteiger partial charge in [-0.05, 0) is 24.6 Å². The molecule has 4 aromatic carbocycles. The fraction of sp³-hybridized carbons (Fsp3) is 0.0714. The number of nitrogens with one attached hydrogen (secondary N) is 1. The number of hydrogen-bond acceptors (Lipinski definition) is 1. The minimum absolute atomic E-state index is 0.627. The van der Waals surface area contributed by atoms with E-state index in [2.05, 4.69) is 84.5 Å². The van der Waals surface area contributed by atoms with E-state index in [1.807, 2.05) is 60.7 Å². The predicted molar refractivity (Wildman–Crippen MR) is 137 cm³/mol. The van der Waals surface area contributed by atoms with Crippen LogP contribution in [0.2, 0.25) is 0 Å². The van der Waals surface area contributed by atoms with Crippen LogP contribution in [0.4, 0.5) is 0 Å². The van der Waals surface area contributed by atoms with Crippen molar-refractivity contribution in [1.29, 1.82) is 0 Å². The minimum Gasteiger partial charge on any atom is -0.262 e. The highest BCUT2D eigenvalue weighted by Crippen LogP contribution is 2.43. The summed E-state index contributed by atoms with van der Waals surface area (Å²) in [5.74, 6) is 6.89. The molecular weight excluding hydrogens is 413 g/mol. The van der Waals surface area contributed by atoms with Crippen molar-refractivity contribution in [2.24, 2.45) is 0 Å². The van der Waals surface area contributed by atoms with Gasteiger partial charge in [0.2, 0.25) is 0 Å². The second-order valence-electron chi connectivity index (χ2n) is 7.50. The molecule has 0 saturated carbocycles. The second kappa shape index (κ2) is 9.46. The summed E-state index contributed by atoms with van der Waals surface area (Å²) in [6.45, 7) is 2.13.